The number of amides is 1. The van der Waals surface area contributed by atoms with E-state index in [4.69, 9.17) is 5.73 Å². The number of carbonyl (C=O) groups is 1. The molecule has 0 fully saturated rings. The number of nitrogens with zero attached hydrogens (tertiary/aromatic N) is 3. The zero-order valence-electron chi connectivity index (χ0n) is 9.70. The predicted molar refractivity (Wildman–Crippen MR) is 62.6 cm³/mol. The lowest BCUT2D eigenvalue weighted by Crippen LogP contribution is -2.27. The second-order valence-corrected chi connectivity index (χ2v) is 3.83. The van der Waals surface area contributed by atoms with Crippen LogP contribution >= 0.6 is 0 Å². The van der Waals surface area contributed by atoms with Crippen molar-refractivity contribution in [1.29, 1.82) is 0 Å². The first kappa shape index (κ1) is 11.9. The number of nitrogens with two attached hydrogens (primary N) is 1. The van der Waals surface area contributed by atoms with E-state index in [0.717, 1.165) is 5.56 Å². The van der Waals surface area contributed by atoms with Crippen molar-refractivity contribution in [2.45, 2.75) is 6.54 Å². The van der Waals surface area contributed by atoms with Gasteiger partial charge in [0, 0.05) is 13.6 Å². The number of aromatic hydroxyl groups is 1. The van der Waals surface area contributed by atoms with Crippen LogP contribution in [0.5, 0.6) is 5.75 Å². The van der Waals surface area contributed by atoms with Gasteiger partial charge in [0.15, 0.2) is 0 Å². The highest BCUT2D eigenvalue weighted by Crippen LogP contribution is 2.14. The van der Waals surface area contributed by atoms with Gasteiger partial charge in [0.25, 0.3) is 5.91 Å². The van der Waals surface area contributed by atoms with Crippen molar-refractivity contribution >= 4 is 11.7 Å². The number of nitrogen functional groups attached to an aromatic ring is 1. The molecule has 0 saturated carbocycles. The molecule has 0 radical (unpaired) electrons. The molecule has 0 spiro atoms. The molecule has 3 N–H and O–H groups in total. The molecule has 1 amide bonds. The van der Waals surface area contributed by atoms with Gasteiger partial charge in [-0.3, -0.25) is 4.79 Å². The van der Waals surface area contributed by atoms with Crippen molar-refractivity contribution in [3.63, 3.8) is 0 Å². The average Bonchev–Trinajstić information content (AvgIpc) is 2.74. The quantitative estimate of drug-likeness (QED) is 0.825. The van der Waals surface area contributed by atoms with Gasteiger partial charge in [-0.15, -0.1) is 0 Å². The van der Waals surface area contributed by atoms with Crippen LogP contribution in [-0.2, 0) is 6.54 Å². The zero-order chi connectivity index (χ0) is 13.1. The summed E-state index contributed by atoms with van der Waals surface area (Å²) in [5, 5.41) is 16.1. The van der Waals surface area contributed by atoms with Crippen LogP contribution in [-0.4, -0.2) is 33.3 Å². The molecule has 2 aromatic rings. The molecule has 2 rings (SSSR count). The summed E-state index contributed by atoms with van der Waals surface area (Å²) in [7, 11) is 1.60. The second kappa shape index (κ2) is 4.74. The van der Waals surface area contributed by atoms with Gasteiger partial charge in [0.05, 0.1) is 0 Å². The normalized spacial score (nSPS) is 10.3. The van der Waals surface area contributed by atoms with Crippen LogP contribution in [0.15, 0.2) is 28.9 Å². The maximum Gasteiger partial charge on any atom is 0.280 e. The van der Waals surface area contributed by atoms with Crippen molar-refractivity contribution < 1.29 is 14.5 Å². The molecule has 1 heterocycles. The molecule has 0 saturated heterocycles. The van der Waals surface area contributed by atoms with E-state index >= 15 is 0 Å². The Morgan fingerprint density at radius 1 is 1.50 bits per heavy atom. The maximum absolute atomic E-state index is 11.9. The van der Waals surface area contributed by atoms with Gasteiger partial charge < -0.3 is 15.7 Å². The Balaban J connectivity index is 2.11. The van der Waals surface area contributed by atoms with Gasteiger partial charge in [0.1, 0.15) is 5.75 Å². The van der Waals surface area contributed by atoms with Gasteiger partial charge in [-0.05, 0) is 28.0 Å². The van der Waals surface area contributed by atoms with Crippen molar-refractivity contribution in [2.24, 2.45) is 0 Å². The summed E-state index contributed by atoms with van der Waals surface area (Å²) in [6.45, 7) is 0.319. The van der Waals surface area contributed by atoms with Crippen molar-refractivity contribution in [2.75, 3.05) is 12.8 Å². The van der Waals surface area contributed by atoms with Crippen LogP contribution in [0, 0.1) is 0 Å². The molecule has 0 bridgehead atoms. The minimum atomic E-state index is -0.392. The third-order valence-corrected chi connectivity index (χ3v) is 2.39. The van der Waals surface area contributed by atoms with Crippen LogP contribution in [0.4, 0.5) is 5.82 Å². The first-order chi connectivity index (χ1) is 8.58. The molecular formula is C11H12N4O3. The van der Waals surface area contributed by atoms with Gasteiger partial charge in [-0.2, -0.15) is 0 Å². The van der Waals surface area contributed by atoms with E-state index in [9.17, 15) is 9.90 Å². The highest BCUT2D eigenvalue weighted by Gasteiger charge is 2.20. The summed E-state index contributed by atoms with van der Waals surface area (Å²) in [5.74, 6) is -0.282. The molecule has 0 aliphatic heterocycles. The van der Waals surface area contributed by atoms with Crippen molar-refractivity contribution in [3.8, 4) is 5.75 Å². The number of anilines is 1. The van der Waals surface area contributed by atoms with E-state index < -0.39 is 5.91 Å². The fourth-order valence-electron chi connectivity index (χ4n) is 1.53. The minimum Gasteiger partial charge on any atom is -0.508 e. The van der Waals surface area contributed by atoms with Crippen molar-refractivity contribution in [1.82, 2.24) is 15.2 Å². The van der Waals surface area contributed by atoms with Crippen LogP contribution in [0.2, 0.25) is 0 Å². The molecule has 0 atom stereocenters. The fraction of sp³-hybridized carbons (Fsp3) is 0.182. The standard InChI is InChI=1S/C11H12N4O3/c1-15(6-7-3-2-4-8(16)5-7)11(17)9-10(12)14-18-13-9/h2-5,16H,6H2,1H3,(H2,12,14). The number of phenolic OH excluding ortho intramolecular Hbond substituents is 1. The van der Waals surface area contributed by atoms with E-state index in [1.165, 1.54) is 4.90 Å². The van der Waals surface area contributed by atoms with Crippen LogP contribution in [0.1, 0.15) is 16.1 Å². The molecule has 94 valence electrons. The lowest BCUT2D eigenvalue weighted by molar-refractivity contribution is 0.0774. The summed E-state index contributed by atoms with van der Waals surface area (Å²) >= 11 is 0. The van der Waals surface area contributed by atoms with Gasteiger partial charge in [0.2, 0.25) is 11.5 Å². The third kappa shape index (κ3) is 2.40. The highest BCUT2D eigenvalue weighted by atomic mass is 16.6. The summed E-state index contributed by atoms with van der Waals surface area (Å²) in [6, 6.07) is 6.64. The number of benzene rings is 1. The highest BCUT2D eigenvalue weighted by molar-refractivity contribution is 5.95. The number of hydrogen-bond donors (Lipinski definition) is 2. The molecule has 7 nitrogen and oxygen atoms in total. The largest absolute Gasteiger partial charge is 0.508 e. The lowest BCUT2D eigenvalue weighted by Gasteiger charge is -2.15. The number of rotatable bonds is 3. The summed E-state index contributed by atoms with van der Waals surface area (Å²) in [5.41, 5.74) is 6.22. The summed E-state index contributed by atoms with van der Waals surface area (Å²) < 4.78 is 4.37. The lowest BCUT2D eigenvalue weighted by atomic mass is 10.2. The molecule has 1 aromatic carbocycles. The van der Waals surface area contributed by atoms with Crippen LogP contribution in [0.3, 0.4) is 0 Å². The van der Waals surface area contributed by atoms with Crippen LogP contribution < -0.4 is 5.73 Å². The predicted octanol–water partition coefficient (Wildman–Crippen LogP) is 0.630. The average molecular weight is 248 g/mol. The monoisotopic (exact) mass is 248 g/mol. The van der Waals surface area contributed by atoms with Gasteiger partial charge >= 0.3 is 0 Å². The third-order valence-electron chi connectivity index (χ3n) is 2.39. The molecule has 0 unspecified atom stereocenters. The topological polar surface area (TPSA) is 105 Å². The Hall–Kier alpha value is -2.57. The molecule has 0 aliphatic rings. The number of hydrogen-bond acceptors (Lipinski definition) is 6. The maximum atomic E-state index is 11.9. The Morgan fingerprint density at radius 2 is 2.28 bits per heavy atom. The Bertz CT molecular complexity index is 567. The Labute approximate surface area is 103 Å². The summed E-state index contributed by atoms with van der Waals surface area (Å²) in [6.07, 6.45) is 0. The number of carbonyl (C=O) groups excluding carboxylic acids is 1. The molecule has 7 heteroatoms. The zero-order valence-corrected chi connectivity index (χ0v) is 9.70. The first-order valence-electron chi connectivity index (χ1n) is 5.19. The summed E-state index contributed by atoms with van der Waals surface area (Å²) in [4.78, 5) is 13.3. The SMILES string of the molecule is CN(Cc1cccc(O)c1)C(=O)c1nonc1N. The molecular weight excluding hydrogens is 236 g/mol. The van der Waals surface area contributed by atoms with Crippen molar-refractivity contribution in [3.05, 3.63) is 35.5 Å². The van der Waals surface area contributed by atoms with E-state index in [2.05, 4.69) is 14.9 Å². The minimum absolute atomic E-state index is 0.0161. The molecule has 18 heavy (non-hydrogen) atoms. The van der Waals surface area contributed by atoms with E-state index in [1.54, 1.807) is 31.3 Å². The molecule has 1 aromatic heterocycles. The number of phenols is 1. The van der Waals surface area contributed by atoms with Gasteiger partial charge in [-0.25, -0.2) is 4.63 Å². The number of aromatic nitrogens is 2. The molecule has 0 aliphatic carbocycles. The van der Waals surface area contributed by atoms with Gasteiger partial charge in [-0.1, -0.05) is 12.1 Å². The van der Waals surface area contributed by atoms with E-state index in [-0.39, 0.29) is 17.3 Å². The van der Waals surface area contributed by atoms with Crippen LogP contribution in [0.25, 0.3) is 0 Å². The fourth-order valence-corrected chi connectivity index (χ4v) is 1.53. The Kier molecular flexibility index (Phi) is 3.13. The van der Waals surface area contributed by atoms with E-state index in [1.807, 2.05) is 0 Å². The van der Waals surface area contributed by atoms with E-state index in [0.29, 0.717) is 6.54 Å². The smallest absolute Gasteiger partial charge is 0.280 e. The first-order valence-corrected chi connectivity index (χ1v) is 5.19. The Morgan fingerprint density at radius 3 is 2.89 bits per heavy atom. The second-order valence-electron chi connectivity index (χ2n) is 3.83.